The normalized spacial score (nSPS) is 18.0. The van der Waals surface area contributed by atoms with Gasteiger partial charge < -0.3 is 4.90 Å². The van der Waals surface area contributed by atoms with Crippen molar-refractivity contribution in [3.05, 3.63) is 60.7 Å². The number of halogens is 3. The molecule has 0 spiro atoms. The smallest absolute Gasteiger partial charge is 0.358 e. The maximum Gasteiger partial charge on any atom is 0.408 e. The maximum atomic E-state index is 13.5. The van der Waals surface area contributed by atoms with Gasteiger partial charge in [-0.15, -0.1) is 0 Å². The number of hydrogen-bond donors (Lipinski definition) is 0. The standard InChI is InChI=1S/C20H17F3N2/c21-20(22,23)18-11-6-12-25(18)17-13-15-9-4-5-10-16(15)24-19(17)14-7-2-1-3-8-14/h1-5,7-10,13,18H,6,11-12H2. The van der Waals surface area contributed by atoms with Gasteiger partial charge in [0.15, 0.2) is 0 Å². The fourth-order valence-corrected chi connectivity index (χ4v) is 3.53. The summed E-state index contributed by atoms with van der Waals surface area (Å²) in [6, 6.07) is 17.3. The van der Waals surface area contributed by atoms with Crippen LogP contribution >= 0.6 is 0 Å². The minimum Gasteiger partial charge on any atom is -0.358 e. The average Bonchev–Trinajstić information content (AvgIpc) is 3.11. The average molecular weight is 342 g/mol. The molecular weight excluding hydrogens is 325 g/mol. The van der Waals surface area contributed by atoms with Gasteiger partial charge in [-0.1, -0.05) is 48.5 Å². The van der Waals surface area contributed by atoms with E-state index in [1.807, 2.05) is 60.7 Å². The van der Waals surface area contributed by atoms with E-state index in [0.29, 0.717) is 24.3 Å². The van der Waals surface area contributed by atoms with Crippen molar-refractivity contribution in [1.82, 2.24) is 4.98 Å². The van der Waals surface area contributed by atoms with Crippen LogP contribution in [0.2, 0.25) is 0 Å². The van der Waals surface area contributed by atoms with Gasteiger partial charge in [0.05, 0.1) is 16.9 Å². The van der Waals surface area contributed by atoms with Crippen molar-refractivity contribution in [2.45, 2.75) is 25.1 Å². The number of anilines is 1. The zero-order valence-electron chi connectivity index (χ0n) is 13.5. The highest BCUT2D eigenvalue weighted by Gasteiger charge is 2.46. The van der Waals surface area contributed by atoms with Gasteiger partial charge in [-0.05, 0) is 25.0 Å². The largest absolute Gasteiger partial charge is 0.408 e. The Labute approximate surface area is 143 Å². The predicted octanol–water partition coefficient (Wildman–Crippen LogP) is 5.43. The number of para-hydroxylation sites is 1. The Kier molecular flexibility index (Phi) is 3.86. The van der Waals surface area contributed by atoms with Crippen LogP contribution < -0.4 is 4.90 Å². The van der Waals surface area contributed by atoms with Gasteiger partial charge in [0.1, 0.15) is 6.04 Å². The van der Waals surface area contributed by atoms with Gasteiger partial charge in [0.25, 0.3) is 0 Å². The van der Waals surface area contributed by atoms with Crippen LogP contribution in [0.1, 0.15) is 12.8 Å². The van der Waals surface area contributed by atoms with E-state index >= 15 is 0 Å². The highest BCUT2D eigenvalue weighted by atomic mass is 19.4. The fraction of sp³-hybridized carbons (Fsp3) is 0.250. The molecule has 1 atom stereocenters. The number of aromatic nitrogens is 1. The number of pyridine rings is 1. The first-order chi connectivity index (χ1) is 12.0. The number of nitrogens with zero attached hydrogens (tertiary/aromatic N) is 2. The Morgan fingerprint density at radius 2 is 1.68 bits per heavy atom. The van der Waals surface area contributed by atoms with Gasteiger partial charge in [-0.3, -0.25) is 0 Å². The molecule has 1 aliphatic heterocycles. The Balaban J connectivity index is 1.92. The van der Waals surface area contributed by atoms with Crippen molar-refractivity contribution in [3.63, 3.8) is 0 Å². The Bertz CT molecular complexity index is 890. The molecule has 1 unspecified atom stereocenters. The summed E-state index contributed by atoms with van der Waals surface area (Å²) in [4.78, 5) is 6.17. The second kappa shape index (κ2) is 6.06. The number of hydrogen-bond acceptors (Lipinski definition) is 2. The summed E-state index contributed by atoms with van der Waals surface area (Å²) >= 11 is 0. The number of fused-ring (bicyclic) bond motifs is 1. The van der Waals surface area contributed by atoms with Crippen LogP contribution in [0.3, 0.4) is 0 Å². The van der Waals surface area contributed by atoms with Crippen LogP contribution in [0, 0.1) is 0 Å². The number of benzene rings is 2. The lowest BCUT2D eigenvalue weighted by Gasteiger charge is -2.30. The summed E-state index contributed by atoms with van der Waals surface area (Å²) in [6.07, 6.45) is -3.58. The van der Waals surface area contributed by atoms with Gasteiger partial charge in [-0.2, -0.15) is 13.2 Å². The second-order valence-corrected chi connectivity index (χ2v) is 6.31. The van der Waals surface area contributed by atoms with Crippen LogP contribution in [0.5, 0.6) is 0 Å². The Hall–Kier alpha value is -2.56. The highest BCUT2D eigenvalue weighted by molar-refractivity contribution is 5.89. The third-order valence-corrected chi connectivity index (χ3v) is 4.69. The maximum absolute atomic E-state index is 13.5. The monoisotopic (exact) mass is 342 g/mol. The summed E-state index contributed by atoms with van der Waals surface area (Å²) in [5.74, 6) is 0. The van der Waals surface area contributed by atoms with Crippen molar-refractivity contribution >= 4 is 16.6 Å². The molecular formula is C20H17F3N2. The van der Waals surface area contributed by atoms with Crippen LogP contribution in [0.4, 0.5) is 18.9 Å². The van der Waals surface area contributed by atoms with Gasteiger partial charge in [0.2, 0.25) is 0 Å². The summed E-state index contributed by atoms with van der Waals surface area (Å²) in [6.45, 7) is 0.393. The highest BCUT2D eigenvalue weighted by Crippen LogP contribution is 2.40. The van der Waals surface area contributed by atoms with E-state index in [-0.39, 0.29) is 6.42 Å². The predicted molar refractivity (Wildman–Crippen MR) is 93.6 cm³/mol. The van der Waals surface area contributed by atoms with Crippen molar-refractivity contribution in [2.24, 2.45) is 0 Å². The van der Waals surface area contributed by atoms with Gasteiger partial charge in [0, 0.05) is 17.5 Å². The molecule has 2 nitrogen and oxygen atoms in total. The SMILES string of the molecule is FC(F)(F)C1CCCN1c1cc2ccccc2nc1-c1ccccc1. The van der Waals surface area contributed by atoms with E-state index in [9.17, 15) is 13.2 Å². The van der Waals surface area contributed by atoms with E-state index in [4.69, 9.17) is 4.98 Å². The molecule has 1 fully saturated rings. The molecule has 0 aliphatic carbocycles. The van der Waals surface area contributed by atoms with Crippen molar-refractivity contribution in [1.29, 1.82) is 0 Å². The molecule has 0 radical (unpaired) electrons. The zero-order valence-corrected chi connectivity index (χ0v) is 13.5. The number of rotatable bonds is 2. The summed E-state index contributed by atoms with van der Waals surface area (Å²) in [5, 5.41) is 0.852. The molecule has 3 aromatic rings. The molecule has 0 N–H and O–H groups in total. The quantitative estimate of drug-likeness (QED) is 0.617. The molecule has 5 heteroatoms. The van der Waals surface area contributed by atoms with E-state index < -0.39 is 12.2 Å². The van der Waals surface area contributed by atoms with Crippen molar-refractivity contribution in [2.75, 3.05) is 11.4 Å². The summed E-state index contributed by atoms with van der Waals surface area (Å²) in [7, 11) is 0. The third-order valence-electron chi connectivity index (χ3n) is 4.69. The molecule has 2 heterocycles. The van der Waals surface area contributed by atoms with E-state index in [0.717, 1.165) is 16.5 Å². The molecule has 25 heavy (non-hydrogen) atoms. The number of alkyl halides is 3. The summed E-state index contributed by atoms with van der Waals surface area (Å²) in [5.41, 5.74) is 2.78. The zero-order chi connectivity index (χ0) is 17.4. The lowest BCUT2D eigenvalue weighted by Crippen LogP contribution is -2.41. The van der Waals surface area contributed by atoms with E-state index in [1.54, 1.807) is 0 Å². The van der Waals surface area contributed by atoms with Crippen LogP contribution in [-0.2, 0) is 0 Å². The molecule has 1 aliphatic rings. The van der Waals surface area contributed by atoms with Crippen molar-refractivity contribution in [3.8, 4) is 11.3 Å². The first-order valence-corrected chi connectivity index (χ1v) is 8.32. The molecule has 0 bridgehead atoms. The topological polar surface area (TPSA) is 16.1 Å². The molecule has 2 aromatic carbocycles. The van der Waals surface area contributed by atoms with Crippen molar-refractivity contribution < 1.29 is 13.2 Å². The second-order valence-electron chi connectivity index (χ2n) is 6.31. The first kappa shape index (κ1) is 15.9. The van der Waals surface area contributed by atoms with Crippen LogP contribution in [0.25, 0.3) is 22.2 Å². The van der Waals surface area contributed by atoms with E-state index in [1.165, 1.54) is 4.90 Å². The Morgan fingerprint density at radius 1 is 0.960 bits per heavy atom. The first-order valence-electron chi connectivity index (χ1n) is 8.32. The lowest BCUT2D eigenvalue weighted by molar-refractivity contribution is -0.145. The fourth-order valence-electron chi connectivity index (χ4n) is 3.53. The molecule has 0 saturated carbocycles. The van der Waals surface area contributed by atoms with Crippen LogP contribution in [0.15, 0.2) is 60.7 Å². The van der Waals surface area contributed by atoms with Gasteiger partial charge >= 0.3 is 6.18 Å². The molecule has 128 valence electrons. The molecule has 1 aromatic heterocycles. The van der Waals surface area contributed by atoms with Crippen LogP contribution in [-0.4, -0.2) is 23.7 Å². The van der Waals surface area contributed by atoms with Gasteiger partial charge in [-0.25, -0.2) is 4.98 Å². The Morgan fingerprint density at radius 3 is 2.44 bits per heavy atom. The lowest BCUT2D eigenvalue weighted by atomic mass is 10.1. The minimum absolute atomic E-state index is 0.130. The minimum atomic E-state index is -4.24. The van der Waals surface area contributed by atoms with E-state index in [2.05, 4.69) is 0 Å². The molecule has 4 rings (SSSR count). The molecule has 1 saturated heterocycles. The third kappa shape index (κ3) is 2.95. The molecule has 0 amide bonds. The summed E-state index contributed by atoms with van der Waals surface area (Å²) < 4.78 is 40.4.